The maximum absolute atomic E-state index is 11.7. The van der Waals surface area contributed by atoms with Gasteiger partial charge in [0.15, 0.2) is 0 Å². The lowest BCUT2D eigenvalue weighted by Crippen LogP contribution is -2.24. The second-order valence-corrected chi connectivity index (χ2v) is 6.89. The van der Waals surface area contributed by atoms with E-state index in [2.05, 4.69) is 25.7 Å². The number of carbonyl (C=O) groups is 1. The van der Waals surface area contributed by atoms with Crippen LogP contribution in [0, 0.1) is 0 Å². The Labute approximate surface area is 151 Å². The average molecular weight is 342 g/mol. The molecule has 0 heterocycles. The minimum atomic E-state index is -0.00882. The number of unbranched alkanes of at least 4 members (excludes halogenated alkanes) is 10. The third-order valence-electron chi connectivity index (χ3n) is 4.76. The first-order chi connectivity index (χ1) is 11.7. The van der Waals surface area contributed by atoms with Crippen molar-refractivity contribution in [3.05, 3.63) is 0 Å². The van der Waals surface area contributed by atoms with Crippen molar-refractivity contribution in [2.24, 2.45) is 0 Å². The van der Waals surface area contributed by atoms with Gasteiger partial charge in [-0.25, -0.2) is 0 Å². The number of rotatable bonds is 18. The van der Waals surface area contributed by atoms with Crippen LogP contribution in [-0.4, -0.2) is 37.1 Å². The van der Waals surface area contributed by atoms with Crippen molar-refractivity contribution in [2.45, 2.75) is 104 Å². The van der Waals surface area contributed by atoms with Crippen LogP contribution in [0.15, 0.2) is 0 Å². The van der Waals surface area contributed by atoms with E-state index in [-0.39, 0.29) is 5.97 Å². The lowest BCUT2D eigenvalue weighted by molar-refractivity contribution is -0.143. The highest BCUT2D eigenvalue weighted by Gasteiger charge is 2.04. The number of hydrogen-bond donors (Lipinski definition) is 0. The minimum absolute atomic E-state index is 0.00882. The zero-order valence-electron chi connectivity index (χ0n) is 16.8. The zero-order chi connectivity index (χ0) is 17.9. The number of carbonyl (C=O) groups excluding carboxylic acids is 1. The zero-order valence-corrected chi connectivity index (χ0v) is 16.8. The van der Waals surface area contributed by atoms with Gasteiger partial charge >= 0.3 is 5.97 Å². The van der Waals surface area contributed by atoms with E-state index in [0.29, 0.717) is 13.0 Å². The molecule has 0 aliphatic rings. The lowest BCUT2D eigenvalue weighted by atomic mass is 10.1. The Bertz CT molecular complexity index is 265. The molecule has 3 nitrogen and oxygen atoms in total. The van der Waals surface area contributed by atoms with E-state index in [1.165, 1.54) is 57.8 Å². The summed E-state index contributed by atoms with van der Waals surface area (Å²) in [6.45, 7) is 10.5. The lowest BCUT2D eigenvalue weighted by Gasteiger charge is -2.17. The van der Waals surface area contributed by atoms with Gasteiger partial charge in [-0.15, -0.1) is 0 Å². The molecule has 0 aliphatic heterocycles. The van der Waals surface area contributed by atoms with Crippen molar-refractivity contribution >= 4 is 5.97 Å². The first kappa shape index (κ1) is 23.4. The van der Waals surface area contributed by atoms with Crippen molar-refractivity contribution in [1.82, 2.24) is 4.90 Å². The largest absolute Gasteiger partial charge is 0.466 e. The normalized spacial score (nSPS) is 11.2. The molecule has 0 N–H and O–H groups in total. The molecule has 0 fully saturated rings. The smallest absolute Gasteiger partial charge is 0.305 e. The number of hydrogen-bond acceptors (Lipinski definition) is 3. The molecule has 0 aromatic rings. The predicted octanol–water partition coefficient (Wildman–Crippen LogP) is 5.96. The van der Waals surface area contributed by atoms with Crippen molar-refractivity contribution in [2.75, 3.05) is 26.2 Å². The summed E-state index contributed by atoms with van der Waals surface area (Å²) in [5, 5.41) is 0. The van der Waals surface area contributed by atoms with E-state index in [0.717, 1.165) is 38.9 Å². The Kier molecular flexibility index (Phi) is 18.3. The van der Waals surface area contributed by atoms with Crippen molar-refractivity contribution in [1.29, 1.82) is 0 Å². The van der Waals surface area contributed by atoms with Gasteiger partial charge in [-0.1, -0.05) is 78.6 Å². The molecule has 0 aliphatic carbocycles. The summed E-state index contributed by atoms with van der Waals surface area (Å²) in [7, 11) is 0. The van der Waals surface area contributed by atoms with Crippen molar-refractivity contribution < 1.29 is 9.53 Å². The summed E-state index contributed by atoms with van der Waals surface area (Å²) < 4.78 is 5.32. The van der Waals surface area contributed by atoms with E-state index < -0.39 is 0 Å². The van der Waals surface area contributed by atoms with E-state index in [1.807, 2.05) is 0 Å². The van der Waals surface area contributed by atoms with Crippen LogP contribution in [0.2, 0.25) is 0 Å². The quantitative estimate of drug-likeness (QED) is 0.227. The van der Waals surface area contributed by atoms with E-state index in [9.17, 15) is 4.79 Å². The minimum Gasteiger partial charge on any atom is -0.466 e. The molecule has 144 valence electrons. The van der Waals surface area contributed by atoms with Gasteiger partial charge in [-0.2, -0.15) is 0 Å². The maximum atomic E-state index is 11.7. The summed E-state index contributed by atoms with van der Waals surface area (Å²) in [4.78, 5) is 14.0. The number of ether oxygens (including phenoxy) is 1. The molecule has 0 saturated carbocycles. The fourth-order valence-electron chi connectivity index (χ4n) is 2.99. The molecule has 0 saturated heterocycles. The Hall–Kier alpha value is -0.570. The topological polar surface area (TPSA) is 29.5 Å². The molecular weight excluding hydrogens is 298 g/mol. The van der Waals surface area contributed by atoms with E-state index >= 15 is 0 Å². The highest BCUT2D eigenvalue weighted by molar-refractivity contribution is 5.69. The molecule has 0 unspecified atom stereocenters. The Morgan fingerprint density at radius 3 is 1.79 bits per heavy atom. The molecular formula is C21H43NO2. The molecule has 0 amide bonds. The molecule has 0 rings (SSSR count). The van der Waals surface area contributed by atoms with Crippen LogP contribution >= 0.6 is 0 Å². The molecule has 0 aromatic heterocycles. The highest BCUT2D eigenvalue weighted by atomic mass is 16.5. The Morgan fingerprint density at radius 1 is 0.708 bits per heavy atom. The van der Waals surface area contributed by atoms with Crippen LogP contribution in [0.1, 0.15) is 104 Å². The van der Waals surface area contributed by atoms with Gasteiger partial charge in [0, 0.05) is 6.42 Å². The van der Waals surface area contributed by atoms with Crippen LogP contribution < -0.4 is 0 Å². The SMILES string of the molecule is CCCCCCCCCCCCOC(=O)CCCCN(CC)CC. The fourth-order valence-corrected chi connectivity index (χ4v) is 2.99. The second-order valence-electron chi connectivity index (χ2n) is 6.89. The van der Waals surface area contributed by atoms with Gasteiger partial charge < -0.3 is 9.64 Å². The molecule has 0 spiro atoms. The maximum Gasteiger partial charge on any atom is 0.305 e. The molecule has 24 heavy (non-hydrogen) atoms. The fraction of sp³-hybridized carbons (Fsp3) is 0.952. The van der Waals surface area contributed by atoms with Crippen molar-refractivity contribution in [3.63, 3.8) is 0 Å². The predicted molar refractivity (Wildman–Crippen MR) is 104 cm³/mol. The van der Waals surface area contributed by atoms with Gasteiger partial charge in [-0.05, 0) is 38.9 Å². The number of nitrogens with zero attached hydrogens (tertiary/aromatic N) is 1. The Morgan fingerprint density at radius 2 is 1.25 bits per heavy atom. The third-order valence-corrected chi connectivity index (χ3v) is 4.76. The van der Waals surface area contributed by atoms with Crippen LogP contribution in [0.5, 0.6) is 0 Å². The van der Waals surface area contributed by atoms with E-state index in [4.69, 9.17) is 4.74 Å². The van der Waals surface area contributed by atoms with Crippen LogP contribution in [0.3, 0.4) is 0 Å². The van der Waals surface area contributed by atoms with Crippen LogP contribution in [0.25, 0.3) is 0 Å². The van der Waals surface area contributed by atoms with Gasteiger partial charge in [0.05, 0.1) is 6.61 Å². The van der Waals surface area contributed by atoms with Gasteiger partial charge in [-0.3, -0.25) is 4.79 Å². The first-order valence-electron chi connectivity index (χ1n) is 10.6. The summed E-state index contributed by atoms with van der Waals surface area (Å²) in [6, 6.07) is 0. The van der Waals surface area contributed by atoms with Crippen LogP contribution in [-0.2, 0) is 9.53 Å². The molecule has 0 radical (unpaired) electrons. The third kappa shape index (κ3) is 16.3. The van der Waals surface area contributed by atoms with Crippen molar-refractivity contribution in [3.8, 4) is 0 Å². The summed E-state index contributed by atoms with van der Waals surface area (Å²) in [5.74, 6) is -0.00882. The monoisotopic (exact) mass is 341 g/mol. The first-order valence-corrected chi connectivity index (χ1v) is 10.6. The summed E-state index contributed by atoms with van der Waals surface area (Å²) in [5.41, 5.74) is 0. The number of esters is 1. The van der Waals surface area contributed by atoms with E-state index in [1.54, 1.807) is 0 Å². The summed E-state index contributed by atoms with van der Waals surface area (Å²) in [6.07, 6.45) is 15.8. The standard InChI is InChI=1S/C21H43NO2/c1-4-7-8-9-10-11-12-13-14-17-20-24-21(23)18-15-16-19-22(5-2)6-3/h4-20H2,1-3H3. The second kappa shape index (κ2) is 18.8. The van der Waals surface area contributed by atoms with Crippen LogP contribution in [0.4, 0.5) is 0 Å². The Balaban J connectivity index is 3.23. The summed E-state index contributed by atoms with van der Waals surface area (Å²) >= 11 is 0. The highest BCUT2D eigenvalue weighted by Crippen LogP contribution is 2.10. The average Bonchev–Trinajstić information content (AvgIpc) is 2.60. The molecule has 3 heteroatoms. The molecule has 0 atom stereocenters. The molecule has 0 bridgehead atoms. The van der Waals surface area contributed by atoms with Gasteiger partial charge in [0.25, 0.3) is 0 Å². The van der Waals surface area contributed by atoms with Gasteiger partial charge in [0.2, 0.25) is 0 Å². The molecule has 0 aromatic carbocycles. The van der Waals surface area contributed by atoms with Gasteiger partial charge in [0.1, 0.15) is 0 Å².